The molecule has 0 radical (unpaired) electrons. The molecule has 3 heteroatoms. The van der Waals surface area contributed by atoms with Gasteiger partial charge in [-0.15, -0.1) is 0 Å². The van der Waals surface area contributed by atoms with E-state index < -0.39 is 0 Å². The van der Waals surface area contributed by atoms with Crippen LogP contribution in [0.25, 0.3) is 0 Å². The highest BCUT2D eigenvalue weighted by Gasteiger charge is 2.27. The lowest BCUT2D eigenvalue weighted by atomic mass is 9.98. The third-order valence-electron chi connectivity index (χ3n) is 3.58. The van der Waals surface area contributed by atoms with Gasteiger partial charge in [0, 0.05) is 32.3 Å². The molecule has 1 aliphatic heterocycles. The van der Waals surface area contributed by atoms with Gasteiger partial charge in [0.15, 0.2) is 0 Å². The molecule has 0 spiro atoms. The van der Waals surface area contributed by atoms with Gasteiger partial charge in [0.05, 0.1) is 0 Å². The van der Waals surface area contributed by atoms with Gasteiger partial charge in [0.25, 0.3) is 0 Å². The van der Waals surface area contributed by atoms with Crippen LogP contribution in [0.5, 0.6) is 0 Å². The van der Waals surface area contributed by atoms with Crippen LogP contribution in [0.15, 0.2) is 0 Å². The summed E-state index contributed by atoms with van der Waals surface area (Å²) < 4.78 is 5.21. The lowest BCUT2D eigenvalue weighted by molar-refractivity contribution is 0.120. The SMILES string of the molecule is CCC1(C)CN(CC(C)COC)CCCN1. The van der Waals surface area contributed by atoms with Crippen LogP contribution in [0.4, 0.5) is 0 Å². The maximum atomic E-state index is 5.21. The monoisotopic (exact) mass is 228 g/mol. The topological polar surface area (TPSA) is 24.5 Å². The fourth-order valence-corrected chi connectivity index (χ4v) is 2.49. The molecule has 0 saturated carbocycles. The van der Waals surface area contributed by atoms with Crippen molar-refractivity contribution in [3.05, 3.63) is 0 Å². The zero-order chi connectivity index (χ0) is 12.0. The standard InChI is InChI=1S/C13H28N2O/c1-5-13(3)11-15(8-6-7-14-13)9-12(2)10-16-4/h12,14H,5-11H2,1-4H3. The van der Waals surface area contributed by atoms with Crippen molar-refractivity contribution in [1.82, 2.24) is 10.2 Å². The second kappa shape index (κ2) is 6.58. The predicted octanol–water partition coefficient (Wildman–Crippen LogP) is 1.73. The number of hydrogen-bond acceptors (Lipinski definition) is 3. The highest BCUT2D eigenvalue weighted by Crippen LogP contribution is 2.16. The summed E-state index contributed by atoms with van der Waals surface area (Å²) in [4.78, 5) is 2.59. The Hall–Kier alpha value is -0.120. The quantitative estimate of drug-likeness (QED) is 0.775. The number of hydrogen-bond donors (Lipinski definition) is 1. The zero-order valence-electron chi connectivity index (χ0n) is 11.4. The normalized spacial score (nSPS) is 30.0. The Morgan fingerprint density at radius 1 is 1.50 bits per heavy atom. The number of nitrogens with zero attached hydrogens (tertiary/aromatic N) is 1. The Morgan fingerprint density at radius 2 is 2.25 bits per heavy atom. The van der Waals surface area contributed by atoms with Gasteiger partial charge < -0.3 is 15.0 Å². The first-order valence-corrected chi connectivity index (χ1v) is 6.56. The summed E-state index contributed by atoms with van der Waals surface area (Å²) in [5.41, 5.74) is 0.295. The number of nitrogens with one attached hydrogen (secondary N) is 1. The molecule has 0 amide bonds. The highest BCUT2D eigenvalue weighted by molar-refractivity contribution is 4.88. The van der Waals surface area contributed by atoms with Crippen LogP contribution in [0.3, 0.4) is 0 Å². The van der Waals surface area contributed by atoms with Crippen molar-refractivity contribution in [3.63, 3.8) is 0 Å². The number of methoxy groups -OCH3 is 1. The van der Waals surface area contributed by atoms with Crippen molar-refractivity contribution in [1.29, 1.82) is 0 Å². The van der Waals surface area contributed by atoms with Crippen LogP contribution in [0, 0.1) is 5.92 Å². The summed E-state index contributed by atoms with van der Waals surface area (Å²) in [5.74, 6) is 0.629. The van der Waals surface area contributed by atoms with Crippen molar-refractivity contribution in [2.24, 2.45) is 5.92 Å². The van der Waals surface area contributed by atoms with Gasteiger partial charge in [-0.2, -0.15) is 0 Å². The minimum atomic E-state index is 0.295. The van der Waals surface area contributed by atoms with Crippen molar-refractivity contribution in [2.45, 2.75) is 39.2 Å². The smallest absolute Gasteiger partial charge is 0.0500 e. The van der Waals surface area contributed by atoms with E-state index in [1.165, 1.54) is 19.4 Å². The summed E-state index contributed by atoms with van der Waals surface area (Å²) in [5, 5.41) is 3.67. The lowest BCUT2D eigenvalue weighted by Gasteiger charge is -2.33. The molecular weight excluding hydrogens is 200 g/mol. The Labute approximate surface area is 101 Å². The first kappa shape index (κ1) is 13.9. The van der Waals surface area contributed by atoms with Gasteiger partial charge in [-0.25, -0.2) is 0 Å². The van der Waals surface area contributed by atoms with Gasteiger partial charge in [0.1, 0.15) is 0 Å². The van der Waals surface area contributed by atoms with Crippen molar-refractivity contribution >= 4 is 0 Å². The molecule has 0 aromatic heterocycles. The van der Waals surface area contributed by atoms with Crippen molar-refractivity contribution in [2.75, 3.05) is 39.9 Å². The molecular formula is C13H28N2O. The van der Waals surface area contributed by atoms with Crippen LogP contribution in [-0.4, -0.2) is 50.3 Å². The van der Waals surface area contributed by atoms with Gasteiger partial charge in [-0.3, -0.25) is 0 Å². The zero-order valence-corrected chi connectivity index (χ0v) is 11.4. The van der Waals surface area contributed by atoms with Crippen LogP contribution in [-0.2, 0) is 4.74 Å². The van der Waals surface area contributed by atoms with Crippen molar-refractivity contribution in [3.8, 4) is 0 Å². The lowest BCUT2D eigenvalue weighted by Crippen LogP contribution is -2.49. The average Bonchev–Trinajstić information content (AvgIpc) is 2.41. The summed E-state index contributed by atoms with van der Waals surface area (Å²) in [6.07, 6.45) is 2.46. The Balaban J connectivity index is 2.45. The molecule has 16 heavy (non-hydrogen) atoms. The van der Waals surface area contributed by atoms with E-state index in [9.17, 15) is 0 Å². The van der Waals surface area contributed by atoms with E-state index in [1.54, 1.807) is 7.11 Å². The molecule has 0 bridgehead atoms. The molecule has 0 aromatic rings. The molecule has 1 rings (SSSR count). The van der Waals surface area contributed by atoms with Gasteiger partial charge in [-0.05, 0) is 38.8 Å². The Kier molecular flexibility index (Phi) is 5.73. The minimum Gasteiger partial charge on any atom is -0.384 e. The molecule has 1 aliphatic rings. The van der Waals surface area contributed by atoms with Crippen LogP contribution in [0.2, 0.25) is 0 Å². The molecule has 0 aliphatic carbocycles. The fraction of sp³-hybridized carbons (Fsp3) is 1.00. The summed E-state index contributed by atoms with van der Waals surface area (Å²) in [6.45, 7) is 12.4. The van der Waals surface area contributed by atoms with Gasteiger partial charge in [-0.1, -0.05) is 13.8 Å². The maximum absolute atomic E-state index is 5.21. The van der Waals surface area contributed by atoms with E-state index >= 15 is 0 Å². The number of ether oxygens (including phenoxy) is 1. The predicted molar refractivity (Wildman–Crippen MR) is 68.8 cm³/mol. The summed E-state index contributed by atoms with van der Waals surface area (Å²) in [7, 11) is 1.79. The van der Waals surface area contributed by atoms with Crippen LogP contribution >= 0.6 is 0 Å². The van der Waals surface area contributed by atoms with E-state index in [2.05, 4.69) is 31.0 Å². The van der Waals surface area contributed by atoms with E-state index in [0.29, 0.717) is 11.5 Å². The molecule has 2 atom stereocenters. The second-order valence-corrected chi connectivity index (χ2v) is 5.49. The molecule has 2 unspecified atom stereocenters. The number of rotatable bonds is 5. The minimum absolute atomic E-state index is 0.295. The average molecular weight is 228 g/mol. The van der Waals surface area contributed by atoms with E-state index in [4.69, 9.17) is 4.74 Å². The molecule has 0 aromatic carbocycles. The van der Waals surface area contributed by atoms with Crippen LogP contribution in [0.1, 0.15) is 33.6 Å². The third kappa shape index (κ3) is 4.40. The third-order valence-corrected chi connectivity index (χ3v) is 3.58. The van der Waals surface area contributed by atoms with E-state index in [1.807, 2.05) is 0 Å². The largest absolute Gasteiger partial charge is 0.384 e. The second-order valence-electron chi connectivity index (χ2n) is 5.49. The van der Waals surface area contributed by atoms with Crippen molar-refractivity contribution < 1.29 is 4.74 Å². The van der Waals surface area contributed by atoms with Gasteiger partial charge in [0.2, 0.25) is 0 Å². The molecule has 1 N–H and O–H groups in total. The van der Waals surface area contributed by atoms with Gasteiger partial charge >= 0.3 is 0 Å². The first-order chi connectivity index (χ1) is 7.59. The van der Waals surface area contributed by atoms with Crippen LogP contribution < -0.4 is 5.32 Å². The Bertz CT molecular complexity index is 198. The van der Waals surface area contributed by atoms with E-state index in [-0.39, 0.29) is 0 Å². The highest BCUT2D eigenvalue weighted by atomic mass is 16.5. The molecule has 1 fully saturated rings. The molecule has 1 saturated heterocycles. The fourth-order valence-electron chi connectivity index (χ4n) is 2.49. The maximum Gasteiger partial charge on any atom is 0.0500 e. The summed E-state index contributed by atoms with van der Waals surface area (Å²) in [6, 6.07) is 0. The molecule has 3 nitrogen and oxygen atoms in total. The summed E-state index contributed by atoms with van der Waals surface area (Å²) >= 11 is 0. The molecule has 96 valence electrons. The Morgan fingerprint density at radius 3 is 2.88 bits per heavy atom. The first-order valence-electron chi connectivity index (χ1n) is 6.56. The van der Waals surface area contributed by atoms with E-state index in [0.717, 1.165) is 26.2 Å². The molecule has 1 heterocycles.